The first-order valence-corrected chi connectivity index (χ1v) is 7.01. The summed E-state index contributed by atoms with van der Waals surface area (Å²) >= 11 is 12.1. The zero-order valence-electron chi connectivity index (χ0n) is 11.3. The Hall–Kier alpha value is -1.51. The van der Waals surface area contributed by atoms with Crippen molar-refractivity contribution in [1.29, 1.82) is 0 Å². The molecule has 0 saturated carbocycles. The summed E-state index contributed by atoms with van der Waals surface area (Å²) in [6.45, 7) is 2.06. The molecule has 2 nitrogen and oxygen atoms in total. The van der Waals surface area contributed by atoms with Crippen LogP contribution in [0.15, 0.2) is 42.5 Å². The van der Waals surface area contributed by atoms with Crippen LogP contribution in [0.25, 0.3) is 0 Å². The quantitative estimate of drug-likeness (QED) is 0.741. The lowest BCUT2D eigenvalue weighted by atomic mass is 10.1. The van der Waals surface area contributed by atoms with Gasteiger partial charge in [-0.05, 0) is 42.8 Å². The highest BCUT2D eigenvalue weighted by Gasteiger charge is 2.16. The van der Waals surface area contributed by atoms with E-state index in [0.717, 1.165) is 17.5 Å². The van der Waals surface area contributed by atoms with Gasteiger partial charge in [0.25, 0.3) is 0 Å². The first-order chi connectivity index (χ1) is 9.52. The van der Waals surface area contributed by atoms with Gasteiger partial charge in [0.2, 0.25) is 0 Å². The number of carbonyl (C=O) groups excluding carboxylic acids is 1. The van der Waals surface area contributed by atoms with Crippen molar-refractivity contribution in [3.63, 3.8) is 0 Å². The Labute approximate surface area is 128 Å². The van der Waals surface area contributed by atoms with Crippen molar-refractivity contribution in [2.75, 3.05) is 11.9 Å². The van der Waals surface area contributed by atoms with Crippen LogP contribution in [0.5, 0.6) is 0 Å². The minimum Gasteiger partial charge on any atom is -0.367 e. The van der Waals surface area contributed by atoms with E-state index in [1.807, 2.05) is 36.2 Å². The molecule has 0 spiro atoms. The van der Waals surface area contributed by atoms with Gasteiger partial charge in [0.1, 0.15) is 0 Å². The predicted molar refractivity (Wildman–Crippen MR) is 85.1 cm³/mol. The number of rotatable bonds is 4. The van der Waals surface area contributed by atoms with Crippen molar-refractivity contribution < 1.29 is 4.79 Å². The summed E-state index contributed by atoms with van der Waals surface area (Å²) in [6, 6.07) is 13.0. The highest BCUT2D eigenvalue weighted by molar-refractivity contribution is 6.31. The van der Waals surface area contributed by atoms with Crippen LogP contribution in [-0.2, 0) is 0 Å². The second-order valence-electron chi connectivity index (χ2n) is 4.66. The number of hydrogen-bond acceptors (Lipinski definition) is 2. The van der Waals surface area contributed by atoms with Gasteiger partial charge in [-0.3, -0.25) is 4.79 Å². The molecule has 0 N–H and O–H groups in total. The van der Waals surface area contributed by atoms with Gasteiger partial charge in [0.15, 0.2) is 6.29 Å². The molecule has 0 aliphatic carbocycles. The first-order valence-electron chi connectivity index (χ1n) is 6.26. The van der Waals surface area contributed by atoms with Gasteiger partial charge in [0, 0.05) is 28.3 Å². The lowest BCUT2D eigenvalue weighted by molar-refractivity contribution is 0.112. The molecule has 104 valence electrons. The molecule has 0 aromatic heterocycles. The topological polar surface area (TPSA) is 20.3 Å². The summed E-state index contributed by atoms with van der Waals surface area (Å²) in [4.78, 5) is 13.2. The zero-order chi connectivity index (χ0) is 14.7. The molecule has 0 saturated heterocycles. The van der Waals surface area contributed by atoms with Gasteiger partial charge >= 0.3 is 0 Å². The Morgan fingerprint density at radius 2 is 1.80 bits per heavy atom. The van der Waals surface area contributed by atoms with Crippen LogP contribution in [0.3, 0.4) is 0 Å². The highest BCUT2D eigenvalue weighted by Crippen LogP contribution is 2.30. The van der Waals surface area contributed by atoms with E-state index in [9.17, 15) is 4.79 Å². The maximum atomic E-state index is 11.2. The third-order valence-electron chi connectivity index (χ3n) is 3.41. The molecule has 0 heterocycles. The van der Waals surface area contributed by atoms with E-state index < -0.39 is 0 Å². The Morgan fingerprint density at radius 3 is 2.45 bits per heavy atom. The SMILES string of the molecule is CC(c1cccc(Cl)c1)N(C)c1cc(Cl)ccc1C=O. The molecule has 2 aromatic carbocycles. The third kappa shape index (κ3) is 3.14. The van der Waals surface area contributed by atoms with E-state index in [4.69, 9.17) is 23.2 Å². The molecule has 2 rings (SSSR count). The molecule has 1 unspecified atom stereocenters. The average molecular weight is 308 g/mol. The number of anilines is 1. The van der Waals surface area contributed by atoms with Crippen molar-refractivity contribution in [3.8, 4) is 0 Å². The van der Waals surface area contributed by atoms with Crippen LogP contribution < -0.4 is 4.90 Å². The zero-order valence-corrected chi connectivity index (χ0v) is 12.8. The minimum absolute atomic E-state index is 0.0749. The number of aldehydes is 1. The van der Waals surface area contributed by atoms with Crippen molar-refractivity contribution in [2.24, 2.45) is 0 Å². The van der Waals surface area contributed by atoms with Crippen LogP contribution >= 0.6 is 23.2 Å². The third-order valence-corrected chi connectivity index (χ3v) is 3.88. The number of hydrogen-bond donors (Lipinski definition) is 0. The Morgan fingerprint density at radius 1 is 1.10 bits per heavy atom. The largest absolute Gasteiger partial charge is 0.367 e. The molecule has 4 heteroatoms. The monoisotopic (exact) mass is 307 g/mol. The van der Waals surface area contributed by atoms with Gasteiger partial charge in [0.05, 0.1) is 6.04 Å². The Bertz CT molecular complexity index is 628. The van der Waals surface area contributed by atoms with Crippen molar-refractivity contribution in [3.05, 3.63) is 63.6 Å². The fraction of sp³-hybridized carbons (Fsp3) is 0.188. The number of nitrogens with zero attached hydrogens (tertiary/aromatic N) is 1. The van der Waals surface area contributed by atoms with Crippen LogP contribution in [0.2, 0.25) is 10.0 Å². The molecular formula is C16H15Cl2NO. The van der Waals surface area contributed by atoms with Gasteiger partial charge in [-0.2, -0.15) is 0 Å². The van der Waals surface area contributed by atoms with Crippen LogP contribution in [-0.4, -0.2) is 13.3 Å². The Balaban J connectivity index is 2.38. The summed E-state index contributed by atoms with van der Waals surface area (Å²) in [5, 5.41) is 1.31. The lowest BCUT2D eigenvalue weighted by Crippen LogP contribution is -2.22. The summed E-state index contributed by atoms with van der Waals surface area (Å²) in [5.74, 6) is 0. The summed E-state index contributed by atoms with van der Waals surface area (Å²) in [7, 11) is 1.93. The number of carbonyl (C=O) groups is 1. The van der Waals surface area contributed by atoms with Crippen LogP contribution in [0.4, 0.5) is 5.69 Å². The molecule has 0 bridgehead atoms. The molecular weight excluding hydrogens is 293 g/mol. The van der Waals surface area contributed by atoms with Crippen molar-refractivity contribution >= 4 is 35.2 Å². The predicted octanol–water partition coefficient (Wildman–Crippen LogP) is 5.00. The molecule has 0 aliphatic heterocycles. The fourth-order valence-corrected chi connectivity index (χ4v) is 2.49. The normalized spacial score (nSPS) is 12.0. The van der Waals surface area contributed by atoms with Crippen molar-refractivity contribution in [2.45, 2.75) is 13.0 Å². The fourth-order valence-electron chi connectivity index (χ4n) is 2.12. The maximum absolute atomic E-state index is 11.2. The molecule has 20 heavy (non-hydrogen) atoms. The van der Waals surface area contributed by atoms with E-state index in [2.05, 4.69) is 6.92 Å². The van der Waals surface area contributed by atoms with Crippen LogP contribution in [0, 0.1) is 0 Å². The molecule has 0 fully saturated rings. The second-order valence-corrected chi connectivity index (χ2v) is 5.54. The summed E-state index contributed by atoms with van der Waals surface area (Å²) in [5.41, 5.74) is 2.50. The summed E-state index contributed by atoms with van der Waals surface area (Å²) < 4.78 is 0. The van der Waals surface area contributed by atoms with E-state index in [1.54, 1.807) is 18.2 Å². The second kappa shape index (κ2) is 6.29. The molecule has 1 atom stereocenters. The van der Waals surface area contributed by atoms with Gasteiger partial charge in [-0.1, -0.05) is 35.3 Å². The number of halogens is 2. The van der Waals surface area contributed by atoms with Gasteiger partial charge < -0.3 is 4.90 Å². The Kier molecular flexibility index (Phi) is 4.69. The van der Waals surface area contributed by atoms with Gasteiger partial charge in [-0.15, -0.1) is 0 Å². The van der Waals surface area contributed by atoms with Gasteiger partial charge in [-0.25, -0.2) is 0 Å². The van der Waals surface area contributed by atoms with E-state index in [1.165, 1.54) is 0 Å². The maximum Gasteiger partial charge on any atom is 0.152 e. The first kappa shape index (κ1) is 14.9. The number of benzene rings is 2. The molecule has 0 amide bonds. The van der Waals surface area contributed by atoms with Crippen molar-refractivity contribution in [1.82, 2.24) is 0 Å². The summed E-state index contributed by atoms with van der Waals surface area (Å²) in [6.07, 6.45) is 0.840. The van der Waals surface area contributed by atoms with E-state index in [-0.39, 0.29) is 6.04 Å². The highest BCUT2D eigenvalue weighted by atomic mass is 35.5. The standard InChI is InChI=1S/C16H15Cl2NO/c1-11(12-4-3-5-14(17)8-12)19(2)16-9-15(18)7-6-13(16)10-20/h3-11H,1-2H3. The molecule has 0 radical (unpaired) electrons. The average Bonchev–Trinajstić information content (AvgIpc) is 2.45. The molecule has 0 aliphatic rings. The smallest absolute Gasteiger partial charge is 0.152 e. The van der Waals surface area contributed by atoms with E-state index in [0.29, 0.717) is 15.6 Å². The molecule has 2 aromatic rings. The minimum atomic E-state index is 0.0749. The van der Waals surface area contributed by atoms with Crippen LogP contribution in [0.1, 0.15) is 28.9 Å². The lowest BCUT2D eigenvalue weighted by Gasteiger charge is -2.28. The van der Waals surface area contributed by atoms with E-state index >= 15 is 0 Å².